The van der Waals surface area contributed by atoms with Crippen molar-refractivity contribution in [3.05, 3.63) is 71.6 Å². The van der Waals surface area contributed by atoms with Gasteiger partial charge in [-0.3, -0.25) is 24.1 Å². The topological polar surface area (TPSA) is 98.7 Å². The molecule has 3 aromatic rings. The standard InChI is InChI=1S/C27H27N5O3/c1-16(2)12-18(24(33)31-22-13-17-8-4-6-10-20(17)29-22)25(34)32-15-27(14-23(32)28-3)19-9-5-7-11-21(19)30-26(27)35/h4-11,13,16,18,23,29H,12,14-15H2,1-2H3,(H,30,35)(H,31,33)/t18?,23-,27-/m0/s1. The molecule has 1 unspecified atom stereocenters. The average molecular weight is 470 g/mol. The van der Waals surface area contributed by atoms with Gasteiger partial charge in [-0.15, -0.1) is 0 Å². The highest BCUT2D eigenvalue weighted by Crippen LogP contribution is 2.47. The Labute approximate surface area is 203 Å². The van der Waals surface area contributed by atoms with Gasteiger partial charge in [-0.2, -0.15) is 0 Å². The molecule has 0 radical (unpaired) electrons. The largest absolute Gasteiger partial charge is 0.341 e. The Bertz CT molecular complexity index is 1340. The number of H-pyrrole nitrogens is 1. The van der Waals surface area contributed by atoms with Gasteiger partial charge in [0, 0.05) is 23.1 Å². The highest BCUT2D eigenvalue weighted by Gasteiger charge is 2.59. The van der Waals surface area contributed by atoms with Crippen LogP contribution >= 0.6 is 0 Å². The van der Waals surface area contributed by atoms with Gasteiger partial charge in [-0.25, -0.2) is 6.57 Å². The summed E-state index contributed by atoms with van der Waals surface area (Å²) < 4.78 is 0. The van der Waals surface area contributed by atoms with Crippen LogP contribution in [-0.4, -0.2) is 40.3 Å². The second kappa shape index (κ2) is 8.58. The number of hydrogen-bond donors (Lipinski definition) is 3. The summed E-state index contributed by atoms with van der Waals surface area (Å²) in [6.07, 6.45) is -0.264. The van der Waals surface area contributed by atoms with Gasteiger partial charge in [-0.1, -0.05) is 50.2 Å². The third-order valence-electron chi connectivity index (χ3n) is 7.00. The summed E-state index contributed by atoms with van der Waals surface area (Å²) in [6.45, 7) is 11.7. The van der Waals surface area contributed by atoms with Gasteiger partial charge in [0.1, 0.15) is 17.2 Å². The fourth-order valence-electron chi connectivity index (χ4n) is 5.31. The number of aromatic amines is 1. The van der Waals surface area contributed by atoms with E-state index in [1.165, 1.54) is 4.90 Å². The number of carbonyl (C=O) groups is 3. The minimum atomic E-state index is -0.975. The lowest BCUT2D eigenvalue weighted by atomic mass is 9.80. The number of hydrogen-bond acceptors (Lipinski definition) is 3. The van der Waals surface area contributed by atoms with E-state index < -0.39 is 29.3 Å². The number of rotatable bonds is 5. The van der Waals surface area contributed by atoms with Gasteiger partial charge in [0.25, 0.3) is 0 Å². The van der Waals surface area contributed by atoms with Gasteiger partial charge in [0.15, 0.2) is 0 Å². The molecular formula is C27H27N5O3. The molecule has 3 amide bonds. The van der Waals surface area contributed by atoms with E-state index in [4.69, 9.17) is 6.57 Å². The molecule has 3 N–H and O–H groups in total. The number of anilines is 2. The molecule has 8 heteroatoms. The third kappa shape index (κ3) is 3.83. The van der Waals surface area contributed by atoms with E-state index >= 15 is 0 Å². The van der Waals surface area contributed by atoms with Crippen LogP contribution in [0.4, 0.5) is 11.5 Å². The van der Waals surface area contributed by atoms with Crippen molar-refractivity contribution in [2.45, 2.75) is 38.3 Å². The van der Waals surface area contributed by atoms with Crippen molar-refractivity contribution in [1.82, 2.24) is 9.88 Å². The van der Waals surface area contributed by atoms with Crippen molar-refractivity contribution in [2.24, 2.45) is 11.8 Å². The van der Waals surface area contributed by atoms with Crippen molar-refractivity contribution in [1.29, 1.82) is 0 Å². The first-order valence-electron chi connectivity index (χ1n) is 11.8. The maximum Gasteiger partial charge on any atom is 0.302 e. The third-order valence-corrected chi connectivity index (χ3v) is 7.00. The lowest BCUT2D eigenvalue weighted by Crippen LogP contribution is -2.45. The molecule has 0 aliphatic carbocycles. The van der Waals surface area contributed by atoms with Crippen LogP contribution in [0.5, 0.6) is 0 Å². The van der Waals surface area contributed by atoms with Crippen molar-refractivity contribution in [3.63, 3.8) is 0 Å². The summed E-state index contributed by atoms with van der Waals surface area (Å²) in [7, 11) is 0. The fourth-order valence-corrected chi connectivity index (χ4v) is 5.31. The molecule has 3 atom stereocenters. The maximum absolute atomic E-state index is 13.8. The zero-order valence-corrected chi connectivity index (χ0v) is 19.7. The maximum atomic E-state index is 13.8. The Morgan fingerprint density at radius 2 is 1.94 bits per heavy atom. The Balaban J connectivity index is 1.43. The number of amides is 3. The van der Waals surface area contributed by atoms with Crippen LogP contribution in [0.3, 0.4) is 0 Å². The van der Waals surface area contributed by atoms with E-state index in [2.05, 4.69) is 20.5 Å². The van der Waals surface area contributed by atoms with Gasteiger partial charge in [-0.05, 0) is 36.1 Å². The first-order valence-corrected chi connectivity index (χ1v) is 11.8. The van der Waals surface area contributed by atoms with Crippen LogP contribution in [0, 0.1) is 18.4 Å². The summed E-state index contributed by atoms with van der Waals surface area (Å²) in [5.74, 6) is -1.41. The summed E-state index contributed by atoms with van der Waals surface area (Å²) in [6, 6.07) is 16.9. The molecule has 1 saturated heterocycles. The highest BCUT2D eigenvalue weighted by atomic mass is 16.2. The summed E-state index contributed by atoms with van der Waals surface area (Å²) >= 11 is 0. The van der Waals surface area contributed by atoms with Crippen LogP contribution in [0.1, 0.15) is 32.3 Å². The minimum Gasteiger partial charge on any atom is -0.341 e. The van der Waals surface area contributed by atoms with Crippen LogP contribution in [0.25, 0.3) is 15.7 Å². The van der Waals surface area contributed by atoms with Crippen LogP contribution in [0.15, 0.2) is 54.6 Å². The molecule has 1 aromatic heterocycles. The van der Waals surface area contributed by atoms with Crippen LogP contribution in [0.2, 0.25) is 0 Å². The van der Waals surface area contributed by atoms with Crippen LogP contribution in [-0.2, 0) is 19.8 Å². The SMILES string of the molecule is [C-]#[N+][C@@H]1C[C@@]2(CN1C(=O)C(CC(C)C)C(=O)Nc1cc3ccccc3[nH]1)C(=O)Nc1ccccc12. The second-order valence-corrected chi connectivity index (χ2v) is 9.80. The van der Waals surface area contributed by atoms with Crippen LogP contribution < -0.4 is 10.6 Å². The summed E-state index contributed by atoms with van der Waals surface area (Å²) in [5, 5.41) is 6.72. The Kier molecular flexibility index (Phi) is 5.56. The molecule has 1 fully saturated rings. The van der Waals surface area contributed by atoms with Crippen molar-refractivity contribution < 1.29 is 14.4 Å². The van der Waals surface area contributed by atoms with E-state index in [1.54, 1.807) is 0 Å². The normalized spacial score (nSPS) is 21.7. The Morgan fingerprint density at radius 1 is 1.20 bits per heavy atom. The van der Waals surface area contributed by atoms with Crippen molar-refractivity contribution in [2.75, 3.05) is 17.2 Å². The number of fused-ring (bicyclic) bond motifs is 3. The molecule has 1 spiro atoms. The van der Waals surface area contributed by atoms with Gasteiger partial charge in [0.05, 0.1) is 6.42 Å². The predicted octanol–water partition coefficient (Wildman–Crippen LogP) is 4.14. The molecule has 2 aliphatic heterocycles. The lowest BCUT2D eigenvalue weighted by Gasteiger charge is -2.25. The summed E-state index contributed by atoms with van der Waals surface area (Å²) in [4.78, 5) is 48.5. The molecular weight excluding hydrogens is 442 g/mol. The van der Waals surface area contributed by atoms with E-state index in [1.807, 2.05) is 68.4 Å². The summed E-state index contributed by atoms with van der Waals surface area (Å²) in [5.41, 5.74) is 1.43. The zero-order chi connectivity index (χ0) is 24.7. The quantitative estimate of drug-likeness (QED) is 0.387. The molecule has 2 aliphatic rings. The lowest BCUT2D eigenvalue weighted by molar-refractivity contribution is -0.141. The average Bonchev–Trinajstić information content (AvgIpc) is 3.51. The monoisotopic (exact) mass is 469 g/mol. The Hall–Kier alpha value is -4.12. The molecule has 0 saturated carbocycles. The minimum absolute atomic E-state index is 0.0794. The number of benzene rings is 2. The van der Waals surface area contributed by atoms with Crippen molar-refractivity contribution >= 4 is 40.1 Å². The number of para-hydroxylation sites is 2. The highest BCUT2D eigenvalue weighted by molar-refractivity contribution is 6.09. The molecule has 8 nitrogen and oxygen atoms in total. The van der Waals surface area contributed by atoms with E-state index in [0.717, 1.165) is 16.5 Å². The number of likely N-dealkylation sites (tertiary alicyclic amines) is 1. The van der Waals surface area contributed by atoms with Gasteiger partial charge in [0.2, 0.25) is 17.7 Å². The number of nitrogens with one attached hydrogen (secondary N) is 3. The second-order valence-electron chi connectivity index (χ2n) is 9.80. The van der Waals surface area contributed by atoms with E-state index in [0.29, 0.717) is 17.9 Å². The zero-order valence-electron chi connectivity index (χ0n) is 19.7. The van der Waals surface area contributed by atoms with Crippen molar-refractivity contribution in [3.8, 4) is 0 Å². The molecule has 2 aromatic carbocycles. The number of aromatic nitrogens is 1. The first kappa shape index (κ1) is 22.7. The molecule has 0 bridgehead atoms. The molecule has 35 heavy (non-hydrogen) atoms. The first-order chi connectivity index (χ1) is 16.8. The number of nitrogens with zero attached hydrogens (tertiary/aromatic N) is 2. The smallest absolute Gasteiger partial charge is 0.302 e. The molecule has 3 heterocycles. The fraction of sp³-hybridized carbons (Fsp3) is 0.333. The number of carbonyl (C=O) groups excluding carboxylic acids is 3. The van der Waals surface area contributed by atoms with E-state index in [9.17, 15) is 14.4 Å². The predicted molar refractivity (Wildman–Crippen MR) is 133 cm³/mol. The van der Waals surface area contributed by atoms with Gasteiger partial charge >= 0.3 is 6.17 Å². The molecule has 178 valence electrons. The van der Waals surface area contributed by atoms with E-state index in [-0.39, 0.29) is 24.8 Å². The van der Waals surface area contributed by atoms with Gasteiger partial charge < -0.3 is 15.6 Å². The Morgan fingerprint density at radius 3 is 2.69 bits per heavy atom. The molecule has 5 rings (SSSR count).